The quantitative estimate of drug-likeness (QED) is 0.860. The van der Waals surface area contributed by atoms with E-state index in [4.69, 9.17) is 16.3 Å². The van der Waals surface area contributed by atoms with Crippen molar-refractivity contribution in [2.24, 2.45) is 0 Å². The summed E-state index contributed by atoms with van der Waals surface area (Å²) in [6, 6.07) is 4.31. The topological polar surface area (TPSA) is 34.1 Å². The van der Waals surface area contributed by atoms with Gasteiger partial charge in [0, 0.05) is 18.7 Å². The van der Waals surface area contributed by atoms with Gasteiger partial charge < -0.3 is 10.1 Å². The maximum Gasteiger partial charge on any atom is 0.213 e. The van der Waals surface area contributed by atoms with Crippen LogP contribution in [0, 0.1) is 0 Å². The molecular formula is C12H17ClN2O. The molecule has 1 heterocycles. The average Bonchev–Trinajstić information content (AvgIpc) is 3.02. The van der Waals surface area contributed by atoms with Gasteiger partial charge in [-0.25, -0.2) is 4.98 Å². The number of halogens is 1. The van der Waals surface area contributed by atoms with Crippen LogP contribution in [0.1, 0.15) is 32.4 Å². The largest absolute Gasteiger partial charge is 0.475 e. The van der Waals surface area contributed by atoms with Crippen molar-refractivity contribution in [1.82, 2.24) is 10.3 Å². The number of aromatic nitrogens is 1. The molecule has 0 aromatic carbocycles. The zero-order chi connectivity index (χ0) is 11.5. The lowest BCUT2D eigenvalue weighted by atomic mass is 10.3. The highest BCUT2D eigenvalue weighted by Gasteiger charge is 2.20. The molecule has 16 heavy (non-hydrogen) atoms. The predicted molar refractivity (Wildman–Crippen MR) is 64.9 cm³/mol. The minimum Gasteiger partial charge on any atom is -0.475 e. The molecule has 2 rings (SSSR count). The van der Waals surface area contributed by atoms with E-state index in [-0.39, 0.29) is 6.10 Å². The van der Waals surface area contributed by atoms with E-state index in [1.54, 1.807) is 0 Å². The maximum atomic E-state index is 6.08. The van der Waals surface area contributed by atoms with E-state index in [0.717, 1.165) is 12.2 Å². The Morgan fingerprint density at radius 1 is 1.50 bits per heavy atom. The molecule has 1 aliphatic carbocycles. The highest BCUT2D eigenvalue weighted by atomic mass is 35.5. The Labute approximate surface area is 101 Å². The van der Waals surface area contributed by atoms with Gasteiger partial charge in [0.25, 0.3) is 0 Å². The van der Waals surface area contributed by atoms with Crippen LogP contribution in [-0.2, 0) is 6.54 Å². The lowest BCUT2D eigenvalue weighted by Crippen LogP contribution is -2.17. The van der Waals surface area contributed by atoms with E-state index in [9.17, 15) is 0 Å². The average molecular weight is 241 g/mol. The number of pyridine rings is 1. The molecule has 0 atom stereocenters. The van der Waals surface area contributed by atoms with Gasteiger partial charge in [0.15, 0.2) is 0 Å². The molecule has 1 aromatic rings. The molecular weight excluding hydrogens is 224 g/mol. The molecule has 0 bridgehead atoms. The third-order valence-electron chi connectivity index (χ3n) is 2.39. The predicted octanol–water partition coefficient (Wildman–Crippen LogP) is 2.77. The minimum absolute atomic E-state index is 0.137. The second-order valence-corrected chi connectivity index (χ2v) is 4.81. The third kappa shape index (κ3) is 3.35. The highest BCUT2D eigenvalue weighted by Crippen LogP contribution is 2.22. The van der Waals surface area contributed by atoms with E-state index >= 15 is 0 Å². The summed E-state index contributed by atoms with van der Waals surface area (Å²) in [4.78, 5) is 4.40. The summed E-state index contributed by atoms with van der Waals surface area (Å²) in [5.41, 5.74) is 0.867. The van der Waals surface area contributed by atoms with Gasteiger partial charge in [-0.2, -0.15) is 0 Å². The van der Waals surface area contributed by atoms with E-state index in [0.29, 0.717) is 16.9 Å². The van der Waals surface area contributed by atoms with Crippen molar-refractivity contribution in [1.29, 1.82) is 0 Å². The number of ether oxygens (including phenoxy) is 1. The standard InChI is InChI=1S/C12H17ClN2O/c1-8(2)16-12-6-5-10(13)11(15-12)7-14-9-3-4-9/h5-6,8-9,14H,3-4,7H2,1-2H3. The Kier molecular flexibility index (Phi) is 3.66. The smallest absolute Gasteiger partial charge is 0.213 e. The number of nitrogens with zero attached hydrogens (tertiary/aromatic N) is 1. The monoisotopic (exact) mass is 240 g/mol. The Bertz CT molecular complexity index is 364. The van der Waals surface area contributed by atoms with Crippen molar-refractivity contribution in [3.05, 3.63) is 22.8 Å². The summed E-state index contributed by atoms with van der Waals surface area (Å²) in [5.74, 6) is 0.645. The van der Waals surface area contributed by atoms with Crippen molar-refractivity contribution in [2.45, 2.75) is 45.4 Å². The van der Waals surface area contributed by atoms with Gasteiger partial charge in [-0.3, -0.25) is 0 Å². The van der Waals surface area contributed by atoms with Crippen molar-refractivity contribution in [3.63, 3.8) is 0 Å². The Hall–Kier alpha value is -0.800. The van der Waals surface area contributed by atoms with Crippen LogP contribution >= 0.6 is 11.6 Å². The first-order valence-corrected chi connectivity index (χ1v) is 6.08. The molecule has 0 radical (unpaired) electrons. The molecule has 0 saturated heterocycles. The molecule has 3 nitrogen and oxygen atoms in total. The SMILES string of the molecule is CC(C)Oc1ccc(Cl)c(CNC2CC2)n1. The molecule has 1 saturated carbocycles. The van der Waals surface area contributed by atoms with Crippen LogP contribution in [0.4, 0.5) is 0 Å². The second kappa shape index (κ2) is 5.02. The number of nitrogens with one attached hydrogen (secondary N) is 1. The summed E-state index contributed by atoms with van der Waals surface area (Å²) in [5, 5.41) is 4.09. The van der Waals surface area contributed by atoms with Crippen LogP contribution in [0.5, 0.6) is 5.88 Å². The zero-order valence-electron chi connectivity index (χ0n) is 9.66. The lowest BCUT2D eigenvalue weighted by molar-refractivity contribution is 0.232. The molecule has 1 fully saturated rings. The van der Waals surface area contributed by atoms with Crippen LogP contribution in [0.2, 0.25) is 5.02 Å². The van der Waals surface area contributed by atoms with Gasteiger partial charge in [0.1, 0.15) is 0 Å². The summed E-state index contributed by atoms with van der Waals surface area (Å²) in [7, 11) is 0. The zero-order valence-corrected chi connectivity index (χ0v) is 10.4. The van der Waals surface area contributed by atoms with E-state index in [1.165, 1.54) is 12.8 Å². The van der Waals surface area contributed by atoms with Gasteiger partial charge in [-0.05, 0) is 32.8 Å². The number of hydrogen-bond acceptors (Lipinski definition) is 3. The number of rotatable bonds is 5. The lowest BCUT2D eigenvalue weighted by Gasteiger charge is -2.11. The van der Waals surface area contributed by atoms with Crippen LogP contribution in [0.3, 0.4) is 0 Å². The molecule has 88 valence electrons. The summed E-state index contributed by atoms with van der Waals surface area (Å²) < 4.78 is 5.53. The van der Waals surface area contributed by atoms with Crippen molar-refractivity contribution in [2.75, 3.05) is 0 Å². The van der Waals surface area contributed by atoms with Crippen molar-refractivity contribution < 1.29 is 4.74 Å². The Morgan fingerprint density at radius 2 is 2.25 bits per heavy atom. The normalized spacial score (nSPS) is 15.5. The Balaban J connectivity index is 2.02. The fourth-order valence-corrected chi connectivity index (χ4v) is 1.60. The van der Waals surface area contributed by atoms with Gasteiger partial charge >= 0.3 is 0 Å². The number of hydrogen-bond donors (Lipinski definition) is 1. The fourth-order valence-electron chi connectivity index (χ4n) is 1.42. The van der Waals surface area contributed by atoms with E-state index in [1.807, 2.05) is 26.0 Å². The van der Waals surface area contributed by atoms with Gasteiger partial charge in [0.05, 0.1) is 16.8 Å². The fraction of sp³-hybridized carbons (Fsp3) is 0.583. The van der Waals surface area contributed by atoms with Gasteiger partial charge in [-0.15, -0.1) is 0 Å². The van der Waals surface area contributed by atoms with Gasteiger partial charge in [-0.1, -0.05) is 11.6 Å². The maximum absolute atomic E-state index is 6.08. The molecule has 0 aliphatic heterocycles. The third-order valence-corrected chi connectivity index (χ3v) is 2.73. The van der Waals surface area contributed by atoms with E-state index in [2.05, 4.69) is 10.3 Å². The second-order valence-electron chi connectivity index (χ2n) is 4.40. The molecule has 4 heteroatoms. The van der Waals surface area contributed by atoms with Gasteiger partial charge in [0.2, 0.25) is 5.88 Å². The Morgan fingerprint density at radius 3 is 2.88 bits per heavy atom. The van der Waals surface area contributed by atoms with Crippen LogP contribution < -0.4 is 10.1 Å². The van der Waals surface area contributed by atoms with E-state index < -0.39 is 0 Å². The van der Waals surface area contributed by atoms with Crippen LogP contribution in [0.15, 0.2) is 12.1 Å². The summed E-state index contributed by atoms with van der Waals surface area (Å²) in [6.45, 7) is 4.69. The molecule has 1 aliphatic rings. The van der Waals surface area contributed by atoms with Crippen molar-refractivity contribution in [3.8, 4) is 5.88 Å². The molecule has 1 aromatic heterocycles. The van der Waals surface area contributed by atoms with Crippen LogP contribution in [0.25, 0.3) is 0 Å². The minimum atomic E-state index is 0.137. The first-order valence-electron chi connectivity index (χ1n) is 5.70. The molecule has 0 amide bonds. The molecule has 1 N–H and O–H groups in total. The highest BCUT2D eigenvalue weighted by molar-refractivity contribution is 6.31. The first kappa shape index (κ1) is 11.7. The van der Waals surface area contributed by atoms with Crippen molar-refractivity contribution >= 4 is 11.6 Å². The molecule has 0 spiro atoms. The first-order chi connectivity index (χ1) is 7.65. The summed E-state index contributed by atoms with van der Waals surface area (Å²) in [6.07, 6.45) is 2.66. The summed E-state index contributed by atoms with van der Waals surface area (Å²) >= 11 is 6.08. The molecule has 0 unspecified atom stereocenters. The van der Waals surface area contributed by atoms with Crippen LogP contribution in [-0.4, -0.2) is 17.1 Å².